The van der Waals surface area contributed by atoms with E-state index in [0.29, 0.717) is 5.82 Å². The van der Waals surface area contributed by atoms with E-state index in [-0.39, 0.29) is 30.9 Å². The van der Waals surface area contributed by atoms with Gasteiger partial charge in [0.25, 0.3) is 0 Å². The zero-order valence-electron chi connectivity index (χ0n) is 17.0. The van der Waals surface area contributed by atoms with Crippen molar-refractivity contribution >= 4 is 11.8 Å². The molecule has 6 nitrogen and oxygen atoms in total. The Morgan fingerprint density at radius 3 is 2.38 bits per heavy atom. The van der Waals surface area contributed by atoms with Crippen LogP contribution in [0, 0.1) is 0 Å². The lowest BCUT2D eigenvalue weighted by Gasteiger charge is -2.26. The van der Waals surface area contributed by atoms with Crippen molar-refractivity contribution in [1.29, 1.82) is 0 Å². The van der Waals surface area contributed by atoms with Crippen LogP contribution in [-0.4, -0.2) is 47.5 Å². The molecule has 3 rings (SSSR count). The monoisotopic (exact) mass is 460 g/mol. The molecule has 1 saturated heterocycles. The Kier molecular flexibility index (Phi) is 6.87. The van der Waals surface area contributed by atoms with Crippen molar-refractivity contribution in [2.45, 2.75) is 44.2 Å². The van der Waals surface area contributed by atoms with Crippen LogP contribution in [0.4, 0.5) is 27.8 Å². The highest BCUT2D eigenvalue weighted by Gasteiger charge is 2.38. The van der Waals surface area contributed by atoms with E-state index in [0.717, 1.165) is 18.3 Å². The maximum absolute atomic E-state index is 13.6. The largest absolute Gasteiger partial charge is 0.489 e. The van der Waals surface area contributed by atoms with Crippen molar-refractivity contribution in [3.8, 4) is 5.75 Å². The minimum absolute atomic E-state index is 0.0317. The van der Waals surface area contributed by atoms with Crippen molar-refractivity contribution in [3.05, 3.63) is 53.7 Å². The van der Waals surface area contributed by atoms with Crippen LogP contribution in [0.3, 0.4) is 0 Å². The second-order valence-electron chi connectivity index (χ2n) is 7.32. The number of alkyl halides is 5. The number of anilines is 1. The molecule has 32 heavy (non-hydrogen) atoms. The maximum atomic E-state index is 13.6. The molecule has 0 saturated carbocycles. The number of aromatic carboxylic acids is 1. The van der Waals surface area contributed by atoms with E-state index in [2.05, 4.69) is 4.98 Å². The predicted molar refractivity (Wildman–Crippen MR) is 104 cm³/mol. The number of pyridine rings is 1. The summed E-state index contributed by atoms with van der Waals surface area (Å²) in [6.07, 6.45) is -7.40. The van der Waals surface area contributed by atoms with Crippen molar-refractivity contribution < 1.29 is 41.3 Å². The molecule has 0 unspecified atom stereocenters. The van der Waals surface area contributed by atoms with Crippen molar-refractivity contribution in [1.82, 2.24) is 4.98 Å². The summed E-state index contributed by atoms with van der Waals surface area (Å²) in [5, 5.41) is 9.02. The van der Waals surface area contributed by atoms with Crippen LogP contribution in [-0.2, 0) is 10.9 Å². The quantitative estimate of drug-likeness (QED) is 0.569. The molecule has 2 aromatic rings. The molecule has 1 fully saturated rings. The fourth-order valence-corrected chi connectivity index (χ4v) is 3.32. The molecular weight excluding hydrogens is 439 g/mol. The first kappa shape index (κ1) is 23.7. The molecule has 1 N–H and O–H groups in total. The van der Waals surface area contributed by atoms with Crippen molar-refractivity contribution in [2.24, 2.45) is 0 Å². The van der Waals surface area contributed by atoms with Gasteiger partial charge in [-0.25, -0.2) is 9.78 Å². The van der Waals surface area contributed by atoms with E-state index in [1.165, 1.54) is 31.2 Å². The lowest BCUT2D eigenvalue weighted by Crippen LogP contribution is -2.36. The first-order chi connectivity index (χ1) is 15.0. The van der Waals surface area contributed by atoms with Gasteiger partial charge in [0.05, 0.1) is 30.3 Å². The minimum atomic E-state index is -4.47. The number of carbonyl (C=O) groups is 1. The van der Waals surface area contributed by atoms with E-state index in [1.54, 1.807) is 4.90 Å². The summed E-state index contributed by atoms with van der Waals surface area (Å²) in [5.74, 6) is -0.601. The highest BCUT2D eigenvalue weighted by atomic mass is 19.4. The molecule has 0 bridgehead atoms. The fraction of sp³-hybridized carbons (Fsp3) is 0.429. The Morgan fingerprint density at radius 2 is 1.84 bits per heavy atom. The number of halogens is 5. The molecule has 1 aliphatic heterocycles. The number of carboxylic acids is 1. The third-order valence-electron chi connectivity index (χ3n) is 5.05. The first-order valence-corrected chi connectivity index (χ1v) is 9.80. The number of nitrogens with zero attached hydrogens (tertiary/aromatic N) is 2. The van der Waals surface area contributed by atoms with Crippen LogP contribution < -0.4 is 9.64 Å². The number of aromatic nitrogens is 1. The summed E-state index contributed by atoms with van der Waals surface area (Å²) in [4.78, 5) is 16.8. The molecule has 0 radical (unpaired) electrons. The second-order valence-corrected chi connectivity index (χ2v) is 7.32. The fourth-order valence-electron chi connectivity index (χ4n) is 3.32. The molecule has 11 heteroatoms. The lowest BCUT2D eigenvalue weighted by molar-refractivity contribution is -0.241. The van der Waals surface area contributed by atoms with E-state index in [1.807, 2.05) is 0 Å². The number of carboxylic acid groups (broad SMARTS) is 1. The number of rotatable bonds is 8. The van der Waals surface area contributed by atoms with Gasteiger partial charge in [0.1, 0.15) is 17.7 Å². The summed E-state index contributed by atoms with van der Waals surface area (Å²) in [7, 11) is 0. The zero-order chi connectivity index (χ0) is 23.5. The van der Waals surface area contributed by atoms with Gasteiger partial charge in [-0.15, -0.1) is 0 Å². The standard InChI is InChI=1S/C21H21F5N2O4/c1-2-20(22,23)31-12-15-9-17(32-16-6-4-14(5-7-16)21(24,25)26)11-28(15)18-8-3-13(10-27-18)19(29)30/h3-8,10,15,17H,2,9,11-12H2,1H3,(H,29,30)/t15-,17+/m0/s1. The summed E-state index contributed by atoms with van der Waals surface area (Å²) in [5.41, 5.74) is -0.843. The number of hydrogen-bond donors (Lipinski definition) is 1. The summed E-state index contributed by atoms with van der Waals surface area (Å²) in [6.45, 7) is 1.15. The Balaban J connectivity index is 1.75. The zero-order valence-corrected chi connectivity index (χ0v) is 17.0. The van der Waals surface area contributed by atoms with Gasteiger partial charge in [-0.3, -0.25) is 0 Å². The summed E-state index contributed by atoms with van der Waals surface area (Å²) >= 11 is 0. The average Bonchev–Trinajstić information content (AvgIpc) is 3.15. The summed E-state index contributed by atoms with van der Waals surface area (Å²) in [6, 6.07) is 6.43. The Labute approximate surface area is 180 Å². The normalized spacial score (nSPS) is 19.2. The second kappa shape index (κ2) is 9.27. The molecular formula is C21H21F5N2O4. The molecule has 1 aromatic heterocycles. The Hall–Kier alpha value is -2.95. The van der Waals surface area contributed by atoms with Gasteiger partial charge >= 0.3 is 18.3 Å². The van der Waals surface area contributed by atoms with Gasteiger partial charge in [-0.2, -0.15) is 22.0 Å². The molecule has 0 amide bonds. The topological polar surface area (TPSA) is 71.9 Å². The van der Waals surface area contributed by atoms with Crippen LogP contribution in [0.25, 0.3) is 0 Å². The van der Waals surface area contributed by atoms with Gasteiger partial charge in [0, 0.05) is 19.0 Å². The first-order valence-electron chi connectivity index (χ1n) is 9.80. The molecule has 0 spiro atoms. The highest BCUT2D eigenvalue weighted by molar-refractivity contribution is 5.87. The number of ether oxygens (including phenoxy) is 2. The van der Waals surface area contributed by atoms with Gasteiger partial charge < -0.3 is 19.5 Å². The third-order valence-corrected chi connectivity index (χ3v) is 5.05. The molecule has 1 aromatic carbocycles. The van der Waals surface area contributed by atoms with Gasteiger partial charge in [0.15, 0.2) is 0 Å². The third kappa shape index (κ3) is 5.84. The average molecular weight is 460 g/mol. The van der Waals surface area contributed by atoms with Crippen LogP contribution in [0.5, 0.6) is 5.75 Å². The minimum Gasteiger partial charge on any atom is -0.489 e. The van der Waals surface area contributed by atoms with E-state index in [9.17, 15) is 26.7 Å². The van der Waals surface area contributed by atoms with E-state index in [4.69, 9.17) is 14.6 Å². The summed E-state index contributed by atoms with van der Waals surface area (Å²) < 4.78 is 76.0. The van der Waals surface area contributed by atoms with E-state index < -0.39 is 42.4 Å². The van der Waals surface area contributed by atoms with Gasteiger partial charge in [0.2, 0.25) is 0 Å². The maximum Gasteiger partial charge on any atom is 0.416 e. The molecule has 174 valence electrons. The molecule has 1 aliphatic rings. The van der Waals surface area contributed by atoms with Crippen LogP contribution in [0.15, 0.2) is 42.6 Å². The van der Waals surface area contributed by atoms with E-state index >= 15 is 0 Å². The SMILES string of the molecule is CCC(F)(F)OC[C@@H]1C[C@@H](Oc2ccc(C(F)(F)F)cc2)CN1c1ccc(C(=O)O)cn1. The molecule has 2 heterocycles. The lowest BCUT2D eigenvalue weighted by atomic mass is 10.2. The predicted octanol–water partition coefficient (Wildman–Crippen LogP) is 4.84. The number of benzene rings is 1. The van der Waals surface area contributed by atoms with Crippen LogP contribution in [0.2, 0.25) is 0 Å². The molecule has 2 atom stereocenters. The van der Waals surface area contributed by atoms with Crippen LogP contribution >= 0.6 is 0 Å². The Bertz CT molecular complexity index is 919. The van der Waals surface area contributed by atoms with Gasteiger partial charge in [-0.1, -0.05) is 6.92 Å². The Morgan fingerprint density at radius 1 is 1.16 bits per heavy atom. The van der Waals surface area contributed by atoms with Gasteiger partial charge in [-0.05, 0) is 36.4 Å². The molecule has 0 aliphatic carbocycles. The number of hydrogen-bond acceptors (Lipinski definition) is 5. The smallest absolute Gasteiger partial charge is 0.416 e. The van der Waals surface area contributed by atoms with Crippen molar-refractivity contribution in [2.75, 3.05) is 18.1 Å². The highest BCUT2D eigenvalue weighted by Crippen LogP contribution is 2.32. The van der Waals surface area contributed by atoms with Crippen LogP contribution in [0.1, 0.15) is 35.7 Å². The van der Waals surface area contributed by atoms with Crippen molar-refractivity contribution in [3.63, 3.8) is 0 Å².